The number of nitro groups is 1. The zero-order chi connectivity index (χ0) is 23.2. The van der Waals surface area contributed by atoms with Gasteiger partial charge in [-0.1, -0.05) is 12.1 Å². The summed E-state index contributed by atoms with van der Waals surface area (Å²) in [5.74, 6) is 1.21. The number of anilines is 1. The molecule has 2 heterocycles. The fourth-order valence-electron chi connectivity index (χ4n) is 2.99. The topological polar surface area (TPSA) is 117 Å². The Morgan fingerprint density at radius 1 is 1.06 bits per heavy atom. The first-order valence-electron chi connectivity index (χ1n) is 9.93. The third kappa shape index (κ3) is 5.73. The van der Waals surface area contributed by atoms with Crippen molar-refractivity contribution in [1.82, 2.24) is 4.98 Å². The number of nitrogens with zero attached hydrogens (tertiary/aromatic N) is 2. The normalized spacial score (nSPS) is 10.5. The van der Waals surface area contributed by atoms with Gasteiger partial charge in [-0.2, -0.15) is 0 Å². The molecule has 0 saturated carbocycles. The summed E-state index contributed by atoms with van der Waals surface area (Å²) in [5.41, 5.74) is 1.01. The minimum Gasteiger partial charge on any atom is -0.486 e. The van der Waals surface area contributed by atoms with Crippen LogP contribution in [0.5, 0.6) is 17.2 Å². The number of carbonyl (C=O) groups excluding carboxylic acids is 1. The number of furan rings is 1. The van der Waals surface area contributed by atoms with Gasteiger partial charge in [0.15, 0.2) is 5.76 Å². The van der Waals surface area contributed by atoms with Crippen LogP contribution in [0.3, 0.4) is 0 Å². The molecule has 0 aliphatic rings. The number of hydrogen-bond donors (Lipinski definition) is 1. The minimum atomic E-state index is -0.570. The molecule has 0 aliphatic heterocycles. The number of pyridine rings is 1. The molecule has 1 amide bonds. The zero-order valence-corrected chi connectivity index (χ0v) is 17.6. The van der Waals surface area contributed by atoms with Crippen molar-refractivity contribution in [3.8, 4) is 17.2 Å². The number of aryl methyl sites for hydroxylation is 1. The molecule has 9 nitrogen and oxygen atoms in total. The maximum Gasteiger partial charge on any atom is 0.291 e. The number of carbonyl (C=O) groups is 1. The van der Waals surface area contributed by atoms with E-state index in [1.165, 1.54) is 30.5 Å². The molecular weight excluding hydrogens is 426 g/mol. The van der Waals surface area contributed by atoms with Gasteiger partial charge in [0.25, 0.3) is 11.6 Å². The van der Waals surface area contributed by atoms with Crippen LogP contribution in [0.25, 0.3) is 0 Å². The van der Waals surface area contributed by atoms with Gasteiger partial charge in [-0.05, 0) is 48.9 Å². The van der Waals surface area contributed by atoms with Crippen molar-refractivity contribution in [3.63, 3.8) is 0 Å². The summed E-state index contributed by atoms with van der Waals surface area (Å²) in [7, 11) is 0. The predicted molar refractivity (Wildman–Crippen MR) is 120 cm³/mol. The van der Waals surface area contributed by atoms with Crippen molar-refractivity contribution in [3.05, 3.63) is 106 Å². The molecule has 2 aromatic carbocycles. The van der Waals surface area contributed by atoms with Crippen LogP contribution < -0.4 is 14.8 Å². The second-order valence-electron chi connectivity index (χ2n) is 7.09. The molecule has 0 bridgehead atoms. The predicted octanol–water partition coefficient (Wildman–Crippen LogP) is 5.51. The highest BCUT2D eigenvalue weighted by atomic mass is 16.6. The van der Waals surface area contributed by atoms with Crippen molar-refractivity contribution >= 4 is 17.3 Å². The van der Waals surface area contributed by atoms with E-state index < -0.39 is 10.8 Å². The van der Waals surface area contributed by atoms with E-state index in [0.29, 0.717) is 17.3 Å². The van der Waals surface area contributed by atoms with Crippen LogP contribution in [0.1, 0.15) is 21.9 Å². The molecule has 0 aliphatic carbocycles. The van der Waals surface area contributed by atoms with Crippen molar-refractivity contribution in [2.45, 2.75) is 13.5 Å². The molecule has 0 atom stereocenters. The van der Waals surface area contributed by atoms with E-state index in [1.54, 1.807) is 24.4 Å². The number of benzene rings is 2. The van der Waals surface area contributed by atoms with E-state index in [9.17, 15) is 14.9 Å². The molecule has 0 radical (unpaired) electrons. The summed E-state index contributed by atoms with van der Waals surface area (Å²) in [6.45, 7) is 2.11. The molecular formula is C24H19N3O6. The summed E-state index contributed by atoms with van der Waals surface area (Å²) in [6.07, 6.45) is 3.05. The van der Waals surface area contributed by atoms with E-state index in [2.05, 4.69) is 10.3 Å². The Morgan fingerprint density at radius 3 is 2.67 bits per heavy atom. The average Bonchev–Trinajstić information content (AvgIpc) is 3.28. The number of non-ortho nitro benzene ring substituents is 1. The van der Waals surface area contributed by atoms with Crippen molar-refractivity contribution < 1.29 is 23.6 Å². The highest BCUT2D eigenvalue weighted by Gasteiger charge is 2.16. The van der Waals surface area contributed by atoms with E-state index >= 15 is 0 Å². The summed E-state index contributed by atoms with van der Waals surface area (Å²) in [6, 6.07) is 18.0. The third-order valence-corrected chi connectivity index (χ3v) is 4.49. The Balaban J connectivity index is 1.46. The molecule has 9 heteroatoms. The number of nitrogens with one attached hydrogen (secondary N) is 1. The van der Waals surface area contributed by atoms with Crippen LogP contribution in [-0.4, -0.2) is 15.8 Å². The van der Waals surface area contributed by atoms with Crippen LogP contribution in [-0.2, 0) is 6.61 Å². The maximum atomic E-state index is 12.6. The Hall–Kier alpha value is -4.66. The molecule has 166 valence electrons. The lowest BCUT2D eigenvalue weighted by molar-refractivity contribution is -0.384. The van der Waals surface area contributed by atoms with Crippen LogP contribution in [0, 0.1) is 17.0 Å². The van der Waals surface area contributed by atoms with Gasteiger partial charge in [0.05, 0.1) is 22.9 Å². The summed E-state index contributed by atoms with van der Waals surface area (Å²) in [5, 5.41) is 13.9. The quantitative estimate of drug-likeness (QED) is 0.280. The highest BCUT2D eigenvalue weighted by Crippen LogP contribution is 2.30. The Bertz CT molecular complexity index is 1290. The molecule has 2 aromatic heterocycles. The van der Waals surface area contributed by atoms with Gasteiger partial charge in [0.1, 0.15) is 29.6 Å². The number of rotatable bonds is 8. The third-order valence-electron chi connectivity index (χ3n) is 4.49. The average molecular weight is 445 g/mol. The van der Waals surface area contributed by atoms with E-state index in [4.69, 9.17) is 13.9 Å². The summed E-state index contributed by atoms with van der Waals surface area (Å²) < 4.78 is 16.9. The highest BCUT2D eigenvalue weighted by molar-refractivity contribution is 6.02. The maximum absolute atomic E-state index is 12.6. The van der Waals surface area contributed by atoms with Gasteiger partial charge in [0.2, 0.25) is 0 Å². The Kier molecular flexibility index (Phi) is 6.31. The lowest BCUT2D eigenvalue weighted by Gasteiger charge is -2.08. The Labute approximate surface area is 188 Å². The van der Waals surface area contributed by atoms with Gasteiger partial charge in [0, 0.05) is 18.3 Å². The van der Waals surface area contributed by atoms with Crippen LogP contribution in [0.2, 0.25) is 0 Å². The van der Waals surface area contributed by atoms with Crippen molar-refractivity contribution in [1.29, 1.82) is 0 Å². The second kappa shape index (κ2) is 9.65. The van der Waals surface area contributed by atoms with Crippen LogP contribution >= 0.6 is 0 Å². The first-order chi connectivity index (χ1) is 16.0. The SMILES string of the molecule is Cc1cccc(OCc2ccc(C(=O)Nc3cc(Oc4cccnc4)cc([N+](=O)[O-])c3)o2)c1. The smallest absolute Gasteiger partial charge is 0.291 e. The fourth-order valence-corrected chi connectivity index (χ4v) is 2.99. The molecule has 0 unspecified atom stereocenters. The van der Waals surface area contributed by atoms with Gasteiger partial charge >= 0.3 is 0 Å². The summed E-state index contributed by atoms with van der Waals surface area (Å²) >= 11 is 0. The van der Waals surface area contributed by atoms with Crippen molar-refractivity contribution in [2.75, 3.05) is 5.32 Å². The number of nitro benzene ring substituents is 1. The van der Waals surface area contributed by atoms with E-state index in [1.807, 2.05) is 31.2 Å². The standard InChI is InChI=1S/C24H19N3O6/c1-16-4-2-5-19(10-16)31-15-21-7-8-23(33-21)24(28)26-17-11-18(27(29)30)13-22(12-17)32-20-6-3-9-25-14-20/h2-14H,15H2,1H3,(H,26,28). The zero-order valence-electron chi connectivity index (χ0n) is 17.6. The van der Waals surface area contributed by atoms with Gasteiger partial charge in [-0.3, -0.25) is 19.9 Å². The molecule has 0 fully saturated rings. The molecule has 0 spiro atoms. The first-order valence-corrected chi connectivity index (χ1v) is 9.93. The van der Waals surface area contributed by atoms with Crippen LogP contribution in [0.15, 0.2) is 83.5 Å². The number of hydrogen-bond acceptors (Lipinski definition) is 7. The van der Waals surface area contributed by atoms with Gasteiger partial charge in [-0.25, -0.2) is 0 Å². The second-order valence-corrected chi connectivity index (χ2v) is 7.09. The molecule has 0 saturated heterocycles. The lowest BCUT2D eigenvalue weighted by Crippen LogP contribution is -2.11. The lowest BCUT2D eigenvalue weighted by atomic mass is 10.2. The number of ether oxygens (including phenoxy) is 2. The van der Waals surface area contributed by atoms with E-state index in [-0.39, 0.29) is 29.5 Å². The van der Waals surface area contributed by atoms with Gasteiger partial charge < -0.3 is 19.2 Å². The molecule has 33 heavy (non-hydrogen) atoms. The molecule has 4 rings (SSSR count). The fraction of sp³-hybridized carbons (Fsp3) is 0.0833. The first kappa shape index (κ1) is 21.6. The van der Waals surface area contributed by atoms with Crippen LogP contribution in [0.4, 0.5) is 11.4 Å². The summed E-state index contributed by atoms with van der Waals surface area (Å²) in [4.78, 5) is 27.3. The minimum absolute atomic E-state index is 0.0408. The molecule has 4 aromatic rings. The number of amides is 1. The van der Waals surface area contributed by atoms with Crippen molar-refractivity contribution in [2.24, 2.45) is 0 Å². The monoisotopic (exact) mass is 445 g/mol. The van der Waals surface area contributed by atoms with E-state index in [0.717, 1.165) is 5.56 Å². The molecule has 1 N–H and O–H groups in total. The largest absolute Gasteiger partial charge is 0.486 e. The Morgan fingerprint density at radius 2 is 1.91 bits per heavy atom. The van der Waals surface area contributed by atoms with Gasteiger partial charge in [-0.15, -0.1) is 0 Å². The number of aromatic nitrogens is 1.